The smallest absolute Gasteiger partial charge is 0.128 e. The molecule has 4 heteroatoms. The molecule has 1 atom stereocenters. The van der Waals surface area contributed by atoms with Crippen LogP contribution in [0.15, 0.2) is 18.3 Å². The fourth-order valence-electron chi connectivity index (χ4n) is 2.81. The maximum atomic E-state index is 9.07. The van der Waals surface area contributed by atoms with Gasteiger partial charge in [0.2, 0.25) is 0 Å². The quantitative estimate of drug-likeness (QED) is 0.750. The minimum Gasteiger partial charge on any atom is -0.396 e. The third-order valence-corrected chi connectivity index (χ3v) is 3.95. The number of hydrogen-bond acceptors (Lipinski definition) is 4. The van der Waals surface area contributed by atoms with Crippen LogP contribution in [0.3, 0.4) is 0 Å². The van der Waals surface area contributed by atoms with Crippen LogP contribution in [0.5, 0.6) is 0 Å². The number of aliphatic hydroxyl groups excluding tert-OH is 1. The van der Waals surface area contributed by atoms with E-state index in [0.717, 1.165) is 44.8 Å². The van der Waals surface area contributed by atoms with Crippen LogP contribution in [0, 0.1) is 5.92 Å². The van der Waals surface area contributed by atoms with Crippen molar-refractivity contribution in [3.63, 3.8) is 0 Å². The normalized spacial score (nSPS) is 19.3. The number of anilines is 1. The van der Waals surface area contributed by atoms with Crippen LogP contribution in [-0.4, -0.2) is 36.3 Å². The molecular weight excluding hydrogens is 250 g/mol. The Balaban J connectivity index is 1.88. The van der Waals surface area contributed by atoms with Gasteiger partial charge in [-0.1, -0.05) is 13.0 Å². The summed E-state index contributed by atoms with van der Waals surface area (Å²) in [5.41, 5.74) is 1.24. The Morgan fingerprint density at radius 3 is 3.05 bits per heavy atom. The van der Waals surface area contributed by atoms with Gasteiger partial charge in [0.05, 0.1) is 0 Å². The molecule has 2 N–H and O–H groups in total. The molecule has 0 aliphatic carbocycles. The lowest BCUT2D eigenvalue weighted by Crippen LogP contribution is -2.36. The van der Waals surface area contributed by atoms with Crippen LogP contribution in [0.25, 0.3) is 0 Å². The van der Waals surface area contributed by atoms with Gasteiger partial charge in [-0.25, -0.2) is 4.98 Å². The second-order valence-electron chi connectivity index (χ2n) is 5.67. The molecule has 1 saturated heterocycles. The number of pyridine rings is 1. The van der Waals surface area contributed by atoms with Crippen molar-refractivity contribution in [3.05, 3.63) is 23.9 Å². The molecule has 2 heterocycles. The summed E-state index contributed by atoms with van der Waals surface area (Å²) < 4.78 is 0. The molecule has 0 bridgehead atoms. The van der Waals surface area contributed by atoms with E-state index in [1.165, 1.54) is 18.4 Å². The molecule has 20 heavy (non-hydrogen) atoms. The molecule has 0 saturated carbocycles. The van der Waals surface area contributed by atoms with Crippen molar-refractivity contribution >= 4 is 5.82 Å². The second kappa shape index (κ2) is 8.22. The van der Waals surface area contributed by atoms with Gasteiger partial charge >= 0.3 is 0 Å². The highest BCUT2D eigenvalue weighted by atomic mass is 16.3. The first kappa shape index (κ1) is 15.3. The Labute approximate surface area is 122 Å². The molecule has 1 aromatic heterocycles. The Hall–Kier alpha value is -1.13. The van der Waals surface area contributed by atoms with Crippen LogP contribution in [0.4, 0.5) is 5.82 Å². The lowest BCUT2D eigenvalue weighted by molar-refractivity contribution is 0.244. The van der Waals surface area contributed by atoms with E-state index in [-0.39, 0.29) is 0 Å². The summed E-state index contributed by atoms with van der Waals surface area (Å²) in [6.45, 7) is 6.54. The van der Waals surface area contributed by atoms with E-state index < -0.39 is 0 Å². The van der Waals surface area contributed by atoms with E-state index >= 15 is 0 Å². The zero-order valence-electron chi connectivity index (χ0n) is 12.5. The molecule has 0 amide bonds. The van der Waals surface area contributed by atoms with E-state index in [1.54, 1.807) is 0 Å². The van der Waals surface area contributed by atoms with E-state index in [9.17, 15) is 0 Å². The van der Waals surface area contributed by atoms with Crippen LogP contribution in [-0.2, 0) is 6.54 Å². The molecule has 0 radical (unpaired) electrons. The molecule has 1 aromatic rings. The highest BCUT2D eigenvalue weighted by Crippen LogP contribution is 2.23. The van der Waals surface area contributed by atoms with Gasteiger partial charge in [0.1, 0.15) is 5.82 Å². The maximum Gasteiger partial charge on any atom is 0.128 e. The van der Waals surface area contributed by atoms with Gasteiger partial charge in [-0.2, -0.15) is 0 Å². The fraction of sp³-hybridized carbons (Fsp3) is 0.688. The van der Waals surface area contributed by atoms with Gasteiger partial charge in [0.25, 0.3) is 0 Å². The van der Waals surface area contributed by atoms with Crippen LogP contribution in [0.2, 0.25) is 0 Å². The predicted molar refractivity (Wildman–Crippen MR) is 82.9 cm³/mol. The monoisotopic (exact) mass is 277 g/mol. The van der Waals surface area contributed by atoms with Crippen molar-refractivity contribution in [2.75, 3.05) is 31.1 Å². The number of nitrogens with zero attached hydrogens (tertiary/aromatic N) is 2. The number of aromatic nitrogens is 1. The van der Waals surface area contributed by atoms with Gasteiger partial charge in [-0.15, -0.1) is 0 Å². The van der Waals surface area contributed by atoms with Crippen LogP contribution in [0.1, 0.15) is 38.2 Å². The van der Waals surface area contributed by atoms with E-state index in [2.05, 4.69) is 34.3 Å². The van der Waals surface area contributed by atoms with Gasteiger partial charge in [0.15, 0.2) is 0 Å². The highest BCUT2D eigenvalue weighted by molar-refractivity contribution is 5.39. The number of nitrogens with one attached hydrogen (secondary N) is 1. The van der Waals surface area contributed by atoms with E-state index in [1.807, 2.05) is 6.20 Å². The Bertz CT molecular complexity index is 378. The summed E-state index contributed by atoms with van der Waals surface area (Å²) in [5, 5.41) is 12.5. The van der Waals surface area contributed by atoms with Gasteiger partial charge in [0, 0.05) is 32.4 Å². The number of piperidine rings is 1. The third-order valence-electron chi connectivity index (χ3n) is 3.95. The van der Waals surface area contributed by atoms with E-state index in [4.69, 9.17) is 5.11 Å². The minimum absolute atomic E-state index is 0.300. The minimum atomic E-state index is 0.300. The lowest BCUT2D eigenvalue weighted by Gasteiger charge is -2.33. The first-order valence-corrected chi connectivity index (χ1v) is 7.85. The molecule has 112 valence electrons. The Morgan fingerprint density at radius 1 is 1.45 bits per heavy atom. The SMILES string of the molecule is CCCNCc1ccc(N2CCCC(CCO)C2)nc1. The van der Waals surface area contributed by atoms with Crippen molar-refractivity contribution in [1.82, 2.24) is 10.3 Å². The summed E-state index contributed by atoms with van der Waals surface area (Å²) in [6, 6.07) is 4.30. The predicted octanol–water partition coefficient (Wildman–Crippen LogP) is 2.18. The lowest BCUT2D eigenvalue weighted by atomic mass is 9.95. The molecule has 1 aliphatic heterocycles. The Morgan fingerprint density at radius 2 is 2.35 bits per heavy atom. The van der Waals surface area contributed by atoms with Crippen molar-refractivity contribution in [3.8, 4) is 0 Å². The number of hydrogen-bond donors (Lipinski definition) is 2. The third kappa shape index (κ3) is 4.46. The van der Waals surface area contributed by atoms with Crippen molar-refractivity contribution in [1.29, 1.82) is 0 Å². The molecular formula is C16H27N3O. The molecule has 4 nitrogen and oxygen atoms in total. The Kier molecular flexibility index (Phi) is 6.27. The molecule has 0 aromatic carbocycles. The van der Waals surface area contributed by atoms with Gasteiger partial charge in [-0.05, 0) is 49.8 Å². The topological polar surface area (TPSA) is 48.4 Å². The standard InChI is InChI=1S/C16H27N3O/c1-2-8-17-11-15-5-6-16(18-12-15)19-9-3-4-14(13-19)7-10-20/h5-6,12,14,17,20H,2-4,7-11,13H2,1H3. The molecule has 0 spiro atoms. The zero-order chi connectivity index (χ0) is 14.2. The van der Waals surface area contributed by atoms with Crippen molar-refractivity contribution < 1.29 is 5.11 Å². The second-order valence-corrected chi connectivity index (χ2v) is 5.67. The van der Waals surface area contributed by atoms with Gasteiger partial charge in [-0.3, -0.25) is 0 Å². The summed E-state index contributed by atoms with van der Waals surface area (Å²) in [7, 11) is 0. The first-order valence-electron chi connectivity index (χ1n) is 7.85. The molecule has 1 aliphatic rings. The summed E-state index contributed by atoms with van der Waals surface area (Å²) in [6.07, 6.45) is 6.48. The molecule has 2 rings (SSSR count). The highest BCUT2D eigenvalue weighted by Gasteiger charge is 2.20. The average Bonchev–Trinajstić information content (AvgIpc) is 2.49. The number of aliphatic hydroxyl groups is 1. The van der Waals surface area contributed by atoms with Crippen molar-refractivity contribution in [2.45, 2.75) is 39.2 Å². The zero-order valence-corrected chi connectivity index (χ0v) is 12.5. The van der Waals surface area contributed by atoms with E-state index in [0.29, 0.717) is 12.5 Å². The summed E-state index contributed by atoms with van der Waals surface area (Å²) in [5.74, 6) is 1.69. The molecule has 1 unspecified atom stereocenters. The summed E-state index contributed by atoms with van der Waals surface area (Å²) in [4.78, 5) is 6.95. The van der Waals surface area contributed by atoms with Crippen LogP contribution >= 0.6 is 0 Å². The number of rotatable bonds is 7. The molecule has 1 fully saturated rings. The summed E-state index contributed by atoms with van der Waals surface area (Å²) >= 11 is 0. The van der Waals surface area contributed by atoms with Crippen molar-refractivity contribution in [2.24, 2.45) is 5.92 Å². The average molecular weight is 277 g/mol. The fourth-order valence-corrected chi connectivity index (χ4v) is 2.81. The first-order chi connectivity index (χ1) is 9.83. The van der Waals surface area contributed by atoms with Crippen LogP contribution < -0.4 is 10.2 Å². The van der Waals surface area contributed by atoms with Gasteiger partial charge < -0.3 is 15.3 Å². The maximum absolute atomic E-state index is 9.07. The largest absolute Gasteiger partial charge is 0.396 e.